The Morgan fingerprint density at radius 3 is 2.74 bits per heavy atom. The van der Waals surface area contributed by atoms with Gasteiger partial charge >= 0.3 is 0 Å². The van der Waals surface area contributed by atoms with E-state index in [0.29, 0.717) is 5.56 Å². The zero-order chi connectivity index (χ0) is 14.0. The molecule has 19 heavy (non-hydrogen) atoms. The third-order valence-corrected chi connectivity index (χ3v) is 3.67. The largest absolute Gasteiger partial charge is 0.269 e. The molecule has 0 atom stereocenters. The second-order valence-corrected chi connectivity index (χ2v) is 6.30. The molecule has 0 unspecified atom stereocenters. The van der Waals surface area contributed by atoms with Crippen molar-refractivity contribution < 1.29 is 13.3 Å². The molecule has 9 heteroatoms. The number of benzene rings is 1. The van der Waals surface area contributed by atoms with Crippen LogP contribution >= 0.6 is 10.7 Å². The predicted octanol–water partition coefficient (Wildman–Crippen LogP) is 1.77. The van der Waals surface area contributed by atoms with E-state index < -0.39 is 14.0 Å². The number of halogens is 1. The second kappa shape index (κ2) is 4.98. The van der Waals surface area contributed by atoms with E-state index in [9.17, 15) is 18.5 Å². The monoisotopic (exact) mass is 301 g/mol. The average Bonchev–Trinajstić information content (AvgIpc) is 2.77. The quantitative estimate of drug-likeness (QED) is 0.487. The van der Waals surface area contributed by atoms with Crippen molar-refractivity contribution in [3.8, 4) is 0 Å². The summed E-state index contributed by atoms with van der Waals surface area (Å²) in [7, 11) is 1.36. The van der Waals surface area contributed by atoms with Crippen LogP contribution in [-0.2, 0) is 15.6 Å². The van der Waals surface area contributed by atoms with Crippen LogP contribution in [0.5, 0.6) is 0 Å². The van der Waals surface area contributed by atoms with Gasteiger partial charge in [0.15, 0.2) is 0 Å². The molecule has 1 aromatic carbocycles. The lowest BCUT2D eigenvalue weighted by Gasteiger charge is -2.01. The Balaban J connectivity index is 2.24. The Morgan fingerprint density at radius 1 is 1.42 bits per heavy atom. The normalized spacial score (nSPS) is 11.4. The number of nitrogens with zero attached hydrogens (tertiary/aromatic N) is 3. The Kier molecular flexibility index (Phi) is 3.54. The van der Waals surface area contributed by atoms with E-state index in [0.717, 1.165) is 6.20 Å². The summed E-state index contributed by atoms with van der Waals surface area (Å²) in [5.74, 6) is 0. The lowest BCUT2D eigenvalue weighted by Crippen LogP contribution is -2.00. The number of aromatic nitrogens is 2. The first kappa shape index (κ1) is 13.5. The van der Waals surface area contributed by atoms with Gasteiger partial charge in [-0.2, -0.15) is 5.10 Å². The van der Waals surface area contributed by atoms with Crippen LogP contribution in [0.1, 0.15) is 5.56 Å². The lowest BCUT2D eigenvalue weighted by molar-refractivity contribution is -0.384. The first-order valence-electron chi connectivity index (χ1n) is 5.07. The molecule has 0 N–H and O–H groups in total. The molecule has 0 radical (unpaired) electrons. The SMILES string of the molecule is O=[N+]([O-])c1cccc(Cn2cc(S(=O)(=O)Cl)cn2)c1. The summed E-state index contributed by atoms with van der Waals surface area (Å²) >= 11 is 0. The molecule has 0 fully saturated rings. The van der Waals surface area contributed by atoms with Crippen LogP contribution < -0.4 is 0 Å². The third-order valence-electron chi connectivity index (χ3n) is 2.36. The van der Waals surface area contributed by atoms with E-state index in [2.05, 4.69) is 5.10 Å². The standard InChI is InChI=1S/C10H8ClN3O4S/c11-19(17,18)10-5-12-13(7-10)6-8-2-1-3-9(4-8)14(15)16/h1-5,7H,6H2. The summed E-state index contributed by atoms with van der Waals surface area (Å²) in [5.41, 5.74) is 0.602. The van der Waals surface area contributed by atoms with Crippen molar-refractivity contribution in [2.24, 2.45) is 0 Å². The van der Waals surface area contributed by atoms with Crippen LogP contribution in [0.4, 0.5) is 5.69 Å². The zero-order valence-electron chi connectivity index (χ0n) is 9.43. The maximum Gasteiger partial charge on any atom is 0.269 e. The number of rotatable bonds is 4. The fraction of sp³-hybridized carbons (Fsp3) is 0.100. The van der Waals surface area contributed by atoms with Gasteiger partial charge in [-0.3, -0.25) is 14.8 Å². The number of hydrogen-bond acceptors (Lipinski definition) is 5. The van der Waals surface area contributed by atoms with Gasteiger partial charge < -0.3 is 0 Å². The summed E-state index contributed by atoms with van der Waals surface area (Å²) in [6.45, 7) is 0.216. The van der Waals surface area contributed by atoms with E-state index in [1.54, 1.807) is 12.1 Å². The number of hydrogen-bond donors (Lipinski definition) is 0. The highest BCUT2D eigenvalue weighted by Crippen LogP contribution is 2.16. The summed E-state index contributed by atoms with van der Waals surface area (Å²) < 4.78 is 23.5. The molecule has 2 rings (SSSR count). The molecule has 1 aromatic heterocycles. The van der Waals surface area contributed by atoms with Crippen molar-refractivity contribution in [3.63, 3.8) is 0 Å². The summed E-state index contributed by atoms with van der Waals surface area (Å²) in [6, 6.07) is 6.01. The fourth-order valence-corrected chi connectivity index (χ4v) is 2.17. The first-order chi connectivity index (χ1) is 8.86. The van der Waals surface area contributed by atoms with Crippen molar-refractivity contribution in [2.75, 3.05) is 0 Å². The van der Waals surface area contributed by atoms with Crippen molar-refractivity contribution in [3.05, 3.63) is 52.3 Å². The molecule has 0 bridgehead atoms. The Hall–Kier alpha value is -1.93. The molecule has 0 saturated carbocycles. The van der Waals surface area contributed by atoms with Gasteiger partial charge in [-0.25, -0.2) is 8.42 Å². The third kappa shape index (κ3) is 3.30. The maximum absolute atomic E-state index is 11.1. The topological polar surface area (TPSA) is 95.1 Å². The van der Waals surface area contributed by atoms with Crippen LogP contribution in [0.2, 0.25) is 0 Å². The van der Waals surface area contributed by atoms with Crippen molar-refractivity contribution in [2.45, 2.75) is 11.4 Å². The summed E-state index contributed by atoms with van der Waals surface area (Å²) in [6.07, 6.45) is 2.39. The zero-order valence-corrected chi connectivity index (χ0v) is 11.0. The number of non-ortho nitro benzene ring substituents is 1. The van der Waals surface area contributed by atoms with Crippen molar-refractivity contribution in [1.82, 2.24) is 9.78 Å². The van der Waals surface area contributed by atoms with Gasteiger partial charge in [-0.15, -0.1) is 0 Å². The average molecular weight is 302 g/mol. The molecule has 7 nitrogen and oxygen atoms in total. The van der Waals surface area contributed by atoms with Crippen molar-refractivity contribution in [1.29, 1.82) is 0 Å². The first-order valence-corrected chi connectivity index (χ1v) is 7.37. The minimum absolute atomic E-state index is 0.0326. The van der Waals surface area contributed by atoms with E-state index in [1.165, 1.54) is 23.0 Å². The van der Waals surface area contributed by atoms with E-state index in [1.807, 2.05) is 0 Å². The number of nitro benzene ring substituents is 1. The Bertz CT molecular complexity index is 726. The van der Waals surface area contributed by atoms with E-state index >= 15 is 0 Å². The molecule has 100 valence electrons. The van der Waals surface area contributed by atoms with Crippen LogP contribution in [0.3, 0.4) is 0 Å². The molecular weight excluding hydrogens is 294 g/mol. The molecule has 0 aliphatic heterocycles. The molecule has 0 aliphatic rings. The lowest BCUT2D eigenvalue weighted by atomic mass is 10.2. The van der Waals surface area contributed by atoms with Gasteiger partial charge in [0.25, 0.3) is 14.7 Å². The predicted molar refractivity (Wildman–Crippen MR) is 67.5 cm³/mol. The van der Waals surface area contributed by atoms with Crippen molar-refractivity contribution >= 4 is 25.4 Å². The highest BCUT2D eigenvalue weighted by Gasteiger charge is 2.13. The molecule has 0 saturated heterocycles. The van der Waals surface area contributed by atoms with Crippen LogP contribution in [0.15, 0.2) is 41.6 Å². The highest BCUT2D eigenvalue weighted by molar-refractivity contribution is 8.13. The summed E-state index contributed by atoms with van der Waals surface area (Å²) in [4.78, 5) is 10.0. The molecule has 2 aromatic rings. The Labute approximate surface area is 113 Å². The van der Waals surface area contributed by atoms with Gasteiger partial charge in [0, 0.05) is 29.0 Å². The van der Waals surface area contributed by atoms with Gasteiger partial charge in [0.1, 0.15) is 4.90 Å². The van der Waals surface area contributed by atoms with Gasteiger partial charge in [-0.05, 0) is 5.56 Å². The molecule has 0 amide bonds. The van der Waals surface area contributed by atoms with Crippen LogP contribution in [0.25, 0.3) is 0 Å². The van der Waals surface area contributed by atoms with Gasteiger partial charge in [0.2, 0.25) is 0 Å². The fourth-order valence-electron chi connectivity index (χ4n) is 1.51. The highest BCUT2D eigenvalue weighted by atomic mass is 35.7. The minimum Gasteiger partial charge on any atom is -0.267 e. The molecule has 1 heterocycles. The van der Waals surface area contributed by atoms with Crippen LogP contribution in [-0.4, -0.2) is 23.1 Å². The Morgan fingerprint density at radius 2 is 2.16 bits per heavy atom. The minimum atomic E-state index is -3.82. The smallest absolute Gasteiger partial charge is 0.267 e. The van der Waals surface area contributed by atoms with Gasteiger partial charge in [-0.1, -0.05) is 12.1 Å². The maximum atomic E-state index is 11.1. The molecular formula is C10H8ClN3O4S. The van der Waals surface area contributed by atoms with E-state index in [-0.39, 0.29) is 17.1 Å². The molecule has 0 aliphatic carbocycles. The van der Waals surface area contributed by atoms with E-state index in [4.69, 9.17) is 10.7 Å². The summed E-state index contributed by atoms with van der Waals surface area (Å²) in [5, 5.41) is 14.5. The molecule has 0 spiro atoms. The van der Waals surface area contributed by atoms with Crippen LogP contribution in [0, 0.1) is 10.1 Å². The second-order valence-electron chi connectivity index (χ2n) is 3.74. The number of nitro groups is 1. The van der Waals surface area contributed by atoms with Gasteiger partial charge in [0.05, 0.1) is 17.7 Å².